The SMILES string of the molecule is O=C(NC(Cc1ccccc1)C1CCCC1)c1cnsn1. The second kappa shape index (κ2) is 6.80. The van der Waals surface area contributed by atoms with Crippen molar-refractivity contribution in [2.75, 3.05) is 0 Å². The molecule has 4 nitrogen and oxygen atoms in total. The molecule has 1 unspecified atom stereocenters. The van der Waals surface area contributed by atoms with E-state index in [1.54, 1.807) is 0 Å². The van der Waals surface area contributed by atoms with Crippen LogP contribution in [0.1, 0.15) is 41.7 Å². The van der Waals surface area contributed by atoms with E-state index >= 15 is 0 Å². The van der Waals surface area contributed by atoms with Gasteiger partial charge < -0.3 is 5.32 Å². The molecule has 2 aromatic rings. The molecule has 1 saturated carbocycles. The highest BCUT2D eigenvalue weighted by molar-refractivity contribution is 6.99. The molecule has 0 spiro atoms. The Kier molecular flexibility index (Phi) is 4.60. The lowest BCUT2D eigenvalue weighted by Gasteiger charge is -2.24. The first-order valence-electron chi connectivity index (χ1n) is 7.45. The Hall–Kier alpha value is -1.75. The fourth-order valence-corrected chi connectivity index (χ4v) is 3.48. The highest BCUT2D eigenvalue weighted by atomic mass is 32.1. The summed E-state index contributed by atoms with van der Waals surface area (Å²) in [6, 6.07) is 10.6. The van der Waals surface area contributed by atoms with E-state index < -0.39 is 0 Å². The molecule has 0 saturated heterocycles. The largest absolute Gasteiger partial charge is 0.347 e. The normalized spacial score (nSPS) is 16.8. The Labute approximate surface area is 128 Å². The lowest BCUT2D eigenvalue weighted by atomic mass is 9.92. The number of nitrogens with one attached hydrogen (secondary N) is 1. The molecule has 1 atom stereocenters. The van der Waals surface area contributed by atoms with Crippen molar-refractivity contribution >= 4 is 17.6 Å². The first-order valence-corrected chi connectivity index (χ1v) is 8.18. The van der Waals surface area contributed by atoms with Gasteiger partial charge in [0.2, 0.25) is 0 Å². The van der Waals surface area contributed by atoms with Crippen molar-refractivity contribution in [2.45, 2.75) is 38.1 Å². The lowest BCUT2D eigenvalue weighted by Crippen LogP contribution is -2.41. The molecule has 1 amide bonds. The van der Waals surface area contributed by atoms with E-state index in [0.29, 0.717) is 11.6 Å². The fourth-order valence-electron chi connectivity index (χ4n) is 3.07. The predicted molar refractivity (Wildman–Crippen MR) is 83.3 cm³/mol. The molecule has 0 bridgehead atoms. The Bertz CT molecular complexity index is 564. The Morgan fingerprint density at radius 2 is 2.05 bits per heavy atom. The topological polar surface area (TPSA) is 54.9 Å². The molecule has 0 radical (unpaired) electrons. The summed E-state index contributed by atoms with van der Waals surface area (Å²) in [4.78, 5) is 12.3. The van der Waals surface area contributed by atoms with Crippen molar-refractivity contribution in [1.29, 1.82) is 0 Å². The maximum atomic E-state index is 12.3. The number of aromatic nitrogens is 2. The minimum absolute atomic E-state index is 0.100. The minimum atomic E-state index is -0.100. The first kappa shape index (κ1) is 14.2. The van der Waals surface area contributed by atoms with E-state index in [4.69, 9.17) is 0 Å². The highest BCUT2D eigenvalue weighted by Gasteiger charge is 2.27. The zero-order valence-electron chi connectivity index (χ0n) is 11.9. The van der Waals surface area contributed by atoms with E-state index in [-0.39, 0.29) is 11.9 Å². The summed E-state index contributed by atoms with van der Waals surface area (Å²) in [6.07, 6.45) is 7.36. The van der Waals surface area contributed by atoms with Gasteiger partial charge in [0.1, 0.15) is 0 Å². The zero-order chi connectivity index (χ0) is 14.5. The van der Waals surface area contributed by atoms with Gasteiger partial charge in [0.05, 0.1) is 17.9 Å². The maximum absolute atomic E-state index is 12.3. The van der Waals surface area contributed by atoms with E-state index in [1.807, 2.05) is 18.2 Å². The Balaban J connectivity index is 1.71. The number of hydrogen-bond donors (Lipinski definition) is 1. The summed E-state index contributed by atoms with van der Waals surface area (Å²) < 4.78 is 7.92. The average Bonchev–Trinajstić information content (AvgIpc) is 3.21. The number of hydrogen-bond acceptors (Lipinski definition) is 4. The van der Waals surface area contributed by atoms with Crippen LogP contribution in [0.5, 0.6) is 0 Å². The molecule has 1 aromatic carbocycles. The Morgan fingerprint density at radius 3 is 2.71 bits per heavy atom. The van der Waals surface area contributed by atoms with Crippen molar-refractivity contribution in [3.05, 3.63) is 47.8 Å². The second-order valence-electron chi connectivity index (χ2n) is 5.61. The molecule has 0 aliphatic heterocycles. The monoisotopic (exact) mass is 301 g/mol. The number of amides is 1. The van der Waals surface area contributed by atoms with Crippen LogP contribution in [0, 0.1) is 5.92 Å². The molecular formula is C16H19N3OS. The van der Waals surface area contributed by atoms with Gasteiger partial charge >= 0.3 is 0 Å². The van der Waals surface area contributed by atoms with E-state index in [1.165, 1.54) is 37.4 Å². The van der Waals surface area contributed by atoms with Crippen molar-refractivity contribution < 1.29 is 4.79 Å². The molecule has 1 fully saturated rings. The molecule has 1 N–H and O–H groups in total. The predicted octanol–water partition coefficient (Wildman–Crippen LogP) is 3.07. The standard InChI is InChI=1S/C16H19N3OS/c20-16(15-11-17-21-19-15)18-14(13-8-4-5-9-13)10-12-6-2-1-3-7-12/h1-3,6-7,11,13-14H,4-5,8-10H2,(H,18,20). The van der Waals surface area contributed by atoms with Crippen LogP contribution < -0.4 is 5.32 Å². The molecule has 1 aromatic heterocycles. The third-order valence-corrected chi connectivity index (χ3v) is 4.66. The third kappa shape index (κ3) is 3.67. The van der Waals surface area contributed by atoms with Crippen molar-refractivity contribution in [1.82, 2.24) is 14.1 Å². The summed E-state index contributed by atoms with van der Waals surface area (Å²) in [5.74, 6) is 0.470. The maximum Gasteiger partial charge on any atom is 0.272 e. The first-order chi connectivity index (χ1) is 10.3. The molecule has 110 valence electrons. The van der Waals surface area contributed by atoms with Gasteiger partial charge in [0.25, 0.3) is 5.91 Å². The van der Waals surface area contributed by atoms with Gasteiger partial charge in [-0.15, -0.1) is 0 Å². The molecule has 1 aliphatic carbocycles. The molecule has 1 heterocycles. The smallest absolute Gasteiger partial charge is 0.272 e. The summed E-state index contributed by atoms with van der Waals surface area (Å²) in [5.41, 5.74) is 1.70. The number of benzene rings is 1. The van der Waals surface area contributed by atoms with Crippen molar-refractivity contribution in [2.24, 2.45) is 5.92 Å². The number of carbonyl (C=O) groups is 1. The van der Waals surface area contributed by atoms with Crippen LogP contribution in [0.25, 0.3) is 0 Å². The lowest BCUT2D eigenvalue weighted by molar-refractivity contribution is 0.0918. The van der Waals surface area contributed by atoms with Crippen LogP contribution in [-0.2, 0) is 6.42 Å². The fraction of sp³-hybridized carbons (Fsp3) is 0.438. The van der Waals surface area contributed by atoms with Crippen LogP contribution in [0.15, 0.2) is 36.5 Å². The molecular weight excluding hydrogens is 282 g/mol. The summed E-state index contributed by atoms with van der Waals surface area (Å²) in [7, 11) is 0. The van der Waals surface area contributed by atoms with E-state index in [0.717, 1.165) is 18.1 Å². The van der Waals surface area contributed by atoms with Gasteiger partial charge in [-0.05, 0) is 30.7 Å². The average molecular weight is 301 g/mol. The van der Waals surface area contributed by atoms with Crippen molar-refractivity contribution in [3.8, 4) is 0 Å². The van der Waals surface area contributed by atoms with Crippen LogP contribution >= 0.6 is 11.7 Å². The Morgan fingerprint density at radius 1 is 1.29 bits per heavy atom. The quantitative estimate of drug-likeness (QED) is 0.923. The van der Waals surface area contributed by atoms with Crippen LogP contribution in [0.2, 0.25) is 0 Å². The van der Waals surface area contributed by atoms with E-state index in [2.05, 4.69) is 26.2 Å². The summed E-state index contributed by atoms with van der Waals surface area (Å²) >= 11 is 1.07. The van der Waals surface area contributed by atoms with Crippen LogP contribution in [-0.4, -0.2) is 20.7 Å². The second-order valence-corrected chi connectivity index (χ2v) is 6.16. The molecule has 21 heavy (non-hydrogen) atoms. The zero-order valence-corrected chi connectivity index (χ0v) is 12.7. The van der Waals surface area contributed by atoms with Crippen LogP contribution in [0.3, 0.4) is 0 Å². The van der Waals surface area contributed by atoms with Crippen molar-refractivity contribution in [3.63, 3.8) is 0 Å². The van der Waals surface area contributed by atoms with Gasteiger partial charge in [-0.2, -0.15) is 8.75 Å². The number of nitrogens with zero attached hydrogens (tertiary/aromatic N) is 2. The van der Waals surface area contributed by atoms with Gasteiger partial charge in [0.15, 0.2) is 5.69 Å². The summed E-state index contributed by atoms with van der Waals surface area (Å²) in [5, 5.41) is 3.18. The van der Waals surface area contributed by atoms with Gasteiger partial charge in [0, 0.05) is 6.04 Å². The van der Waals surface area contributed by atoms with E-state index in [9.17, 15) is 4.79 Å². The highest BCUT2D eigenvalue weighted by Crippen LogP contribution is 2.29. The number of rotatable bonds is 5. The molecule has 5 heteroatoms. The third-order valence-electron chi connectivity index (χ3n) is 4.18. The number of carbonyl (C=O) groups excluding carboxylic acids is 1. The minimum Gasteiger partial charge on any atom is -0.347 e. The van der Waals surface area contributed by atoms with Gasteiger partial charge in [-0.25, -0.2) is 0 Å². The van der Waals surface area contributed by atoms with Gasteiger partial charge in [-0.1, -0.05) is 43.2 Å². The van der Waals surface area contributed by atoms with Crippen LogP contribution in [0.4, 0.5) is 0 Å². The summed E-state index contributed by atoms with van der Waals surface area (Å²) in [6.45, 7) is 0. The van der Waals surface area contributed by atoms with Gasteiger partial charge in [-0.3, -0.25) is 4.79 Å². The molecule has 1 aliphatic rings. The molecule has 3 rings (SSSR count).